The molecule has 5 heteroatoms. The molecule has 0 saturated carbocycles. The summed E-state index contributed by atoms with van der Waals surface area (Å²) in [5.74, 6) is -0.00954. The van der Waals surface area contributed by atoms with Gasteiger partial charge in [0.25, 0.3) is 5.91 Å². The smallest absolute Gasteiger partial charge is 0.254 e. The Labute approximate surface area is 151 Å². The number of anilines is 1. The van der Waals surface area contributed by atoms with Gasteiger partial charge in [0.15, 0.2) is 0 Å². The van der Waals surface area contributed by atoms with Crippen LogP contribution in [0.15, 0.2) is 29.6 Å². The van der Waals surface area contributed by atoms with E-state index in [4.69, 9.17) is 0 Å². The summed E-state index contributed by atoms with van der Waals surface area (Å²) >= 11 is 1.76. The monoisotopic (exact) mass is 358 g/mol. The van der Waals surface area contributed by atoms with Crippen LogP contribution in [-0.2, 0) is 12.8 Å². The maximum absolute atomic E-state index is 13.0. The molecule has 0 atom stereocenters. The number of thiophene rings is 1. The lowest BCUT2D eigenvalue weighted by Crippen LogP contribution is -2.42. The first-order valence-electron chi connectivity index (χ1n) is 9.11. The second-order valence-electron chi connectivity index (χ2n) is 6.98. The molecule has 1 aliphatic heterocycles. The highest BCUT2D eigenvalue weighted by Crippen LogP contribution is 2.31. The number of benzene rings is 1. The summed E-state index contributed by atoms with van der Waals surface area (Å²) < 4.78 is 13.0. The fourth-order valence-electron chi connectivity index (χ4n) is 3.85. The minimum Gasteiger partial charge on any atom is -0.382 e. The molecule has 0 bridgehead atoms. The highest BCUT2D eigenvalue weighted by atomic mass is 32.1. The Morgan fingerprint density at radius 3 is 2.60 bits per heavy atom. The van der Waals surface area contributed by atoms with Crippen molar-refractivity contribution >= 4 is 22.9 Å². The number of likely N-dealkylation sites (tertiary alicyclic amines) is 1. The SMILES string of the molecule is O=C(c1csc2c1CCCC2)N1CCC(Nc2ccc(F)cc2)CC1. The van der Waals surface area contributed by atoms with E-state index in [1.165, 1.54) is 35.4 Å². The van der Waals surface area contributed by atoms with Gasteiger partial charge in [0.05, 0.1) is 5.56 Å². The number of piperidine rings is 1. The summed E-state index contributed by atoms with van der Waals surface area (Å²) in [5.41, 5.74) is 3.20. The van der Waals surface area contributed by atoms with Crippen molar-refractivity contribution in [3.63, 3.8) is 0 Å². The third-order valence-electron chi connectivity index (χ3n) is 5.29. The van der Waals surface area contributed by atoms with Crippen molar-refractivity contribution < 1.29 is 9.18 Å². The van der Waals surface area contributed by atoms with E-state index in [0.717, 1.165) is 50.0 Å². The molecule has 1 aromatic heterocycles. The van der Waals surface area contributed by atoms with Gasteiger partial charge in [-0.1, -0.05) is 0 Å². The van der Waals surface area contributed by atoms with Crippen molar-refractivity contribution in [3.8, 4) is 0 Å². The molecule has 1 amide bonds. The molecule has 1 N–H and O–H groups in total. The first kappa shape index (κ1) is 16.6. The van der Waals surface area contributed by atoms with Gasteiger partial charge in [0.1, 0.15) is 5.82 Å². The minimum atomic E-state index is -0.218. The van der Waals surface area contributed by atoms with Crippen molar-refractivity contribution in [2.75, 3.05) is 18.4 Å². The second kappa shape index (κ2) is 7.16. The maximum Gasteiger partial charge on any atom is 0.254 e. The lowest BCUT2D eigenvalue weighted by Gasteiger charge is -2.33. The Morgan fingerprint density at radius 1 is 1.12 bits per heavy atom. The van der Waals surface area contributed by atoms with Crippen LogP contribution in [0.2, 0.25) is 0 Å². The summed E-state index contributed by atoms with van der Waals surface area (Å²) in [7, 11) is 0. The van der Waals surface area contributed by atoms with Crippen molar-refractivity contribution in [3.05, 3.63) is 51.5 Å². The van der Waals surface area contributed by atoms with Crippen LogP contribution < -0.4 is 5.32 Å². The van der Waals surface area contributed by atoms with Crippen molar-refractivity contribution in [1.82, 2.24) is 4.90 Å². The zero-order chi connectivity index (χ0) is 17.2. The van der Waals surface area contributed by atoms with Crippen molar-refractivity contribution in [2.45, 2.75) is 44.6 Å². The van der Waals surface area contributed by atoms with E-state index in [9.17, 15) is 9.18 Å². The lowest BCUT2D eigenvalue weighted by molar-refractivity contribution is 0.0717. The average molecular weight is 358 g/mol. The Balaban J connectivity index is 1.36. The standard InChI is InChI=1S/C20H23FN2OS/c21-14-5-7-15(8-6-14)22-16-9-11-23(12-10-16)20(24)18-13-25-19-4-2-1-3-17(18)19/h5-8,13,16,22H,1-4,9-12H2. The minimum absolute atomic E-state index is 0.208. The number of fused-ring (bicyclic) bond motifs is 1. The molecule has 1 fully saturated rings. The highest BCUT2D eigenvalue weighted by molar-refractivity contribution is 7.10. The normalized spacial score (nSPS) is 18.0. The molecule has 3 nitrogen and oxygen atoms in total. The van der Waals surface area contributed by atoms with E-state index in [-0.39, 0.29) is 11.7 Å². The molecule has 1 aromatic carbocycles. The molecule has 0 spiro atoms. The predicted molar refractivity (Wildman–Crippen MR) is 99.9 cm³/mol. The number of halogens is 1. The third kappa shape index (κ3) is 3.56. The molecule has 1 saturated heterocycles. The molecule has 2 aliphatic rings. The largest absolute Gasteiger partial charge is 0.382 e. The second-order valence-corrected chi connectivity index (χ2v) is 7.94. The Bertz CT molecular complexity index is 748. The molecular weight excluding hydrogens is 335 g/mol. The van der Waals surface area contributed by atoms with Crippen LogP contribution in [0.3, 0.4) is 0 Å². The van der Waals surface area contributed by atoms with E-state index >= 15 is 0 Å². The first-order chi connectivity index (χ1) is 12.2. The molecule has 1 aliphatic carbocycles. The van der Waals surface area contributed by atoms with Crippen LogP contribution in [0.25, 0.3) is 0 Å². The molecule has 2 heterocycles. The van der Waals surface area contributed by atoms with Gasteiger partial charge in [-0.25, -0.2) is 4.39 Å². The molecule has 0 radical (unpaired) electrons. The van der Waals surface area contributed by atoms with Gasteiger partial charge < -0.3 is 10.2 Å². The molecule has 0 unspecified atom stereocenters. The van der Waals surface area contributed by atoms with E-state index in [1.54, 1.807) is 23.5 Å². The van der Waals surface area contributed by atoms with Gasteiger partial charge in [0, 0.05) is 35.1 Å². The van der Waals surface area contributed by atoms with E-state index < -0.39 is 0 Å². The third-order valence-corrected chi connectivity index (χ3v) is 6.38. The Morgan fingerprint density at radius 2 is 1.84 bits per heavy atom. The number of aryl methyl sites for hydroxylation is 1. The number of carbonyl (C=O) groups excluding carboxylic acids is 1. The van der Waals surface area contributed by atoms with Gasteiger partial charge in [-0.05, 0) is 68.4 Å². The summed E-state index contributed by atoms with van der Waals surface area (Å²) in [5, 5.41) is 5.52. The summed E-state index contributed by atoms with van der Waals surface area (Å²) in [6.45, 7) is 1.56. The fraction of sp³-hybridized carbons (Fsp3) is 0.450. The van der Waals surface area contributed by atoms with Crippen LogP contribution in [0.5, 0.6) is 0 Å². The zero-order valence-corrected chi connectivity index (χ0v) is 15.1. The molecule has 4 rings (SSSR count). The molecule has 132 valence electrons. The van der Waals surface area contributed by atoms with E-state index in [2.05, 4.69) is 10.7 Å². The van der Waals surface area contributed by atoms with Gasteiger partial charge in [0.2, 0.25) is 0 Å². The Kier molecular flexibility index (Phi) is 4.75. The fourth-order valence-corrected chi connectivity index (χ4v) is 4.97. The maximum atomic E-state index is 13.0. The number of hydrogen-bond donors (Lipinski definition) is 1. The summed E-state index contributed by atoms with van der Waals surface area (Å²) in [6.07, 6.45) is 6.50. The van der Waals surface area contributed by atoms with Gasteiger partial charge in [-0.3, -0.25) is 4.79 Å². The van der Waals surface area contributed by atoms with Gasteiger partial charge in [-0.2, -0.15) is 0 Å². The number of nitrogens with one attached hydrogen (secondary N) is 1. The predicted octanol–water partition coefficient (Wildman–Crippen LogP) is 4.48. The number of rotatable bonds is 3. The van der Waals surface area contributed by atoms with Crippen LogP contribution in [0.4, 0.5) is 10.1 Å². The van der Waals surface area contributed by atoms with Crippen molar-refractivity contribution in [2.24, 2.45) is 0 Å². The topological polar surface area (TPSA) is 32.3 Å². The number of nitrogens with zero attached hydrogens (tertiary/aromatic N) is 1. The van der Waals surface area contributed by atoms with Gasteiger partial charge >= 0.3 is 0 Å². The van der Waals surface area contributed by atoms with Crippen LogP contribution in [0, 0.1) is 5.82 Å². The van der Waals surface area contributed by atoms with Crippen molar-refractivity contribution in [1.29, 1.82) is 0 Å². The zero-order valence-electron chi connectivity index (χ0n) is 14.3. The first-order valence-corrected chi connectivity index (χ1v) is 9.99. The van der Waals surface area contributed by atoms with Crippen LogP contribution in [0.1, 0.15) is 46.5 Å². The van der Waals surface area contributed by atoms with Gasteiger partial charge in [-0.15, -0.1) is 11.3 Å². The highest BCUT2D eigenvalue weighted by Gasteiger charge is 2.27. The number of amides is 1. The average Bonchev–Trinajstić information content (AvgIpc) is 3.08. The summed E-state index contributed by atoms with van der Waals surface area (Å²) in [4.78, 5) is 16.3. The summed E-state index contributed by atoms with van der Waals surface area (Å²) in [6, 6.07) is 6.82. The molecular formula is C20H23FN2OS. The van der Waals surface area contributed by atoms with Crippen LogP contribution >= 0.6 is 11.3 Å². The number of carbonyl (C=O) groups is 1. The van der Waals surface area contributed by atoms with E-state index in [0.29, 0.717) is 6.04 Å². The van der Waals surface area contributed by atoms with E-state index in [1.807, 2.05) is 4.90 Å². The molecule has 25 heavy (non-hydrogen) atoms. The number of hydrogen-bond acceptors (Lipinski definition) is 3. The quantitative estimate of drug-likeness (QED) is 0.877. The Hall–Kier alpha value is -1.88. The molecule has 2 aromatic rings. The lowest BCUT2D eigenvalue weighted by atomic mass is 9.95. The van der Waals surface area contributed by atoms with Crippen LogP contribution in [-0.4, -0.2) is 29.9 Å².